The molecule has 10 heteroatoms. The van der Waals surface area contributed by atoms with Crippen LogP contribution in [0.1, 0.15) is 80.1 Å². The standard InChI is InChI=1S/C24H43NO8S/c1-8-9-10-11-12-16(2)31-22-20(32-17(3)26)13-18(14-30-22)34-15-19(21(27)29-7)25-23(28)33-24(4,5)6/h16,18-20,22H,8-15H2,1-7H3,(H,25,28)/t16-,18+,19+,20+,22+/m1/s1. The maximum Gasteiger partial charge on any atom is 0.408 e. The van der Waals surface area contributed by atoms with Crippen LogP contribution in [0, 0.1) is 0 Å². The van der Waals surface area contributed by atoms with Crippen molar-refractivity contribution in [2.24, 2.45) is 0 Å². The molecule has 1 saturated heterocycles. The largest absolute Gasteiger partial charge is 0.467 e. The first-order valence-corrected chi connectivity index (χ1v) is 13.1. The summed E-state index contributed by atoms with van der Waals surface area (Å²) in [4.78, 5) is 36.0. The molecule has 0 unspecified atom stereocenters. The Morgan fingerprint density at radius 1 is 1.18 bits per heavy atom. The van der Waals surface area contributed by atoms with Gasteiger partial charge >= 0.3 is 18.0 Å². The summed E-state index contributed by atoms with van der Waals surface area (Å²) in [5.74, 6) is -0.710. The van der Waals surface area contributed by atoms with Crippen molar-refractivity contribution < 1.29 is 38.1 Å². The molecule has 1 fully saturated rings. The van der Waals surface area contributed by atoms with Crippen LogP contribution in [-0.4, -0.2) is 72.9 Å². The molecule has 34 heavy (non-hydrogen) atoms. The number of unbranched alkanes of at least 4 members (excludes halogenated alkanes) is 3. The summed E-state index contributed by atoms with van der Waals surface area (Å²) in [5, 5.41) is 2.50. The molecule has 1 aliphatic heterocycles. The predicted octanol–water partition coefficient (Wildman–Crippen LogP) is 4.21. The van der Waals surface area contributed by atoms with E-state index in [0.29, 0.717) is 13.0 Å². The Kier molecular flexibility index (Phi) is 13.9. The van der Waals surface area contributed by atoms with Gasteiger partial charge in [-0.1, -0.05) is 32.6 Å². The van der Waals surface area contributed by atoms with Gasteiger partial charge in [0.2, 0.25) is 0 Å². The van der Waals surface area contributed by atoms with Crippen molar-refractivity contribution in [1.29, 1.82) is 0 Å². The first-order chi connectivity index (χ1) is 15.9. The lowest BCUT2D eigenvalue weighted by Crippen LogP contribution is -2.47. The number of amides is 1. The van der Waals surface area contributed by atoms with Gasteiger partial charge in [-0.05, 0) is 34.1 Å². The van der Waals surface area contributed by atoms with Crippen molar-refractivity contribution in [1.82, 2.24) is 5.32 Å². The number of carbonyl (C=O) groups excluding carboxylic acids is 3. The van der Waals surface area contributed by atoms with Gasteiger partial charge in [0, 0.05) is 24.3 Å². The molecule has 0 radical (unpaired) electrons. The maximum absolute atomic E-state index is 12.2. The molecule has 0 aliphatic carbocycles. The Hall–Kier alpha value is -1.52. The summed E-state index contributed by atoms with van der Waals surface area (Å²) in [6.45, 7) is 11.1. The second-order valence-electron chi connectivity index (χ2n) is 9.56. The lowest BCUT2D eigenvalue weighted by molar-refractivity contribution is -0.239. The lowest BCUT2D eigenvalue weighted by atomic mass is 10.1. The smallest absolute Gasteiger partial charge is 0.408 e. The third-order valence-electron chi connectivity index (χ3n) is 5.07. The second-order valence-corrected chi connectivity index (χ2v) is 10.9. The number of ether oxygens (including phenoxy) is 5. The Morgan fingerprint density at radius 3 is 2.47 bits per heavy atom. The van der Waals surface area contributed by atoms with E-state index >= 15 is 0 Å². The van der Waals surface area contributed by atoms with Gasteiger partial charge in [-0.15, -0.1) is 0 Å². The number of hydrogen-bond donors (Lipinski definition) is 1. The summed E-state index contributed by atoms with van der Waals surface area (Å²) < 4.78 is 27.5. The molecule has 1 rings (SSSR count). The van der Waals surface area contributed by atoms with Crippen LogP contribution in [0.3, 0.4) is 0 Å². The third kappa shape index (κ3) is 12.8. The fourth-order valence-electron chi connectivity index (χ4n) is 3.46. The Labute approximate surface area is 208 Å². The highest BCUT2D eigenvalue weighted by atomic mass is 32.2. The molecule has 0 bridgehead atoms. The van der Waals surface area contributed by atoms with E-state index in [0.717, 1.165) is 12.8 Å². The van der Waals surface area contributed by atoms with E-state index in [9.17, 15) is 14.4 Å². The van der Waals surface area contributed by atoms with E-state index in [1.807, 2.05) is 6.92 Å². The molecule has 0 spiro atoms. The topological polar surface area (TPSA) is 109 Å². The molecule has 1 N–H and O–H groups in total. The van der Waals surface area contributed by atoms with Gasteiger partial charge in [-0.25, -0.2) is 9.59 Å². The average molecular weight is 506 g/mol. The van der Waals surface area contributed by atoms with E-state index in [-0.39, 0.29) is 17.1 Å². The number of carbonyl (C=O) groups is 3. The van der Waals surface area contributed by atoms with E-state index in [1.54, 1.807) is 20.8 Å². The van der Waals surface area contributed by atoms with Gasteiger partial charge in [0.1, 0.15) is 11.6 Å². The molecule has 5 atom stereocenters. The summed E-state index contributed by atoms with van der Waals surface area (Å²) in [5.41, 5.74) is -0.686. The Morgan fingerprint density at radius 2 is 1.88 bits per heavy atom. The molecule has 198 valence electrons. The zero-order valence-corrected chi connectivity index (χ0v) is 22.5. The molecule has 0 aromatic carbocycles. The summed E-state index contributed by atoms with van der Waals surface area (Å²) >= 11 is 1.44. The van der Waals surface area contributed by atoms with Crippen LogP contribution in [0.5, 0.6) is 0 Å². The second kappa shape index (κ2) is 15.5. The number of alkyl carbamates (subject to hydrolysis) is 1. The van der Waals surface area contributed by atoms with Crippen molar-refractivity contribution in [2.75, 3.05) is 19.5 Å². The van der Waals surface area contributed by atoms with Gasteiger partial charge in [0.25, 0.3) is 0 Å². The van der Waals surface area contributed by atoms with Crippen molar-refractivity contribution in [3.05, 3.63) is 0 Å². The summed E-state index contributed by atoms with van der Waals surface area (Å²) in [6, 6.07) is -0.880. The van der Waals surface area contributed by atoms with E-state index in [4.69, 9.17) is 23.7 Å². The quantitative estimate of drug-likeness (QED) is 0.224. The SMILES string of the molecule is CCCCCC[C@@H](C)O[C@@H]1OC[C@@H](SC[C@H](NC(=O)OC(C)(C)C)C(=O)OC)C[C@@H]1OC(C)=O. The molecule has 9 nitrogen and oxygen atoms in total. The van der Waals surface area contributed by atoms with Crippen LogP contribution in [0.15, 0.2) is 0 Å². The number of thioether (sulfide) groups is 1. The van der Waals surface area contributed by atoms with Gasteiger partial charge in [-0.2, -0.15) is 11.8 Å². The molecule has 0 aromatic rings. The number of rotatable bonds is 13. The van der Waals surface area contributed by atoms with Crippen LogP contribution in [0.25, 0.3) is 0 Å². The fourth-order valence-corrected chi connectivity index (χ4v) is 4.64. The highest BCUT2D eigenvalue weighted by Crippen LogP contribution is 2.29. The number of nitrogens with one attached hydrogen (secondary N) is 1. The minimum atomic E-state index is -0.880. The number of methoxy groups -OCH3 is 1. The minimum Gasteiger partial charge on any atom is -0.467 e. The Balaban J connectivity index is 2.65. The van der Waals surface area contributed by atoms with Crippen molar-refractivity contribution >= 4 is 29.8 Å². The zero-order chi connectivity index (χ0) is 25.7. The van der Waals surface area contributed by atoms with E-state index in [2.05, 4.69) is 12.2 Å². The number of hydrogen-bond acceptors (Lipinski definition) is 9. The molecular weight excluding hydrogens is 462 g/mol. The zero-order valence-electron chi connectivity index (χ0n) is 21.7. The van der Waals surface area contributed by atoms with Gasteiger partial charge in [-0.3, -0.25) is 4.79 Å². The van der Waals surface area contributed by atoms with Crippen LogP contribution >= 0.6 is 11.8 Å². The van der Waals surface area contributed by atoms with Crippen LogP contribution < -0.4 is 5.32 Å². The van der Waals surface area contributed by atoms with Gasteiger partial charge in [0.05, 0.1) is 19.8 Å². The predicted molar refractivity (Wildman–Crippen MR) is 131 cm³/mol. The first-order valence-electron chi connectivity index (χ1n) is 12.1. The van der Waals surface area contributed by atoms with Crippen molar-refractivity contribution in [3.63, 3.8) is 0 Å². The molecule has 1 heterocycles. The van der Waals surface area contributed by atoms with Crippen molar-refractivity contribution in [3.8, 4) is 0 Å². The van der Waals surface area contributed by atoms with Gasteiger partial charge in [0.15, 0.2) is 12.4 Å². The third-order valence-corrected chi connectivity index (χ3v) is 6.39. The lowest BCUT2D eigenvalue weighted by Gasteiger charge is -2.36. The highest BCUT2D eigenvalue weighted by molar-refractivity contribution is 8.00. The maximum atomic E-state index is 12.2. The van der Waals surface area contributed by atoms with Gasteiger partial charge < -0.3 is 29.0 Å². The summed E-state index contributed by atoms with van der Waals surface area (Å²) in [6.07, 6.45) is 4.19. The van der Waals surface area contributed by atoms with Crippen LogP contribution in [0.4, 0.5) is 4.79 Å². The van der Waals surface area contributed by atoms with Crippen LogP contribution in [0.2, 0.25) is 0 Å². The molecule has 0 aromatic heterocycles. The molecule has 0 saturated carbocycles. The molecule has 1 amide bonds. The fraction of sp³-hybridized carbons (Fsp3) is 0.875. The molecular formula is C24H43NO8S. The number of esters is 2. The monoisotopic (exact) mass is 505 g/mol. The van der Waals surface area contributed by atoms with Crippen LogP contribution in [-0.2, 0) is 33.3 Å². The van der Waals surface area contributed by atoms with Crippen molar-refractivity contribution in [2.45, 2.75) is 115 Å². The normalized spacial score (nSPS) is 22.4. The average Bonchev–Trinajstić information content (AvgIpc) is 2.73. The summed E-state index contributed by atoms with van der Waals surface area (Å²) in [7, 11) is 1.27. The van der Waals surface area contributed by atoms with E-state index in [1.165, 1.54) is 45.1 Å². The highest BCUT2D eigenvalue weighted by Gasteiger charge is 2.36. The minimum absolute atomic E-state index is 0.00847. The first kappa shape index (κ1) is 30.5. The van der Waals surface area contributed by atoms with E-state index < -0.39 is 42.1 Å². The molecule has 1 aliphatic rings. The Bertz CT molecular complexity index is 639.